The molecule has 2 aliphatic rings. The summed E-state index contributed by atoms with van der Waals surface area (Å²) >= 11 is 0. The molecule has 1 spiro atoms. The fraction of sp³-hybridized carbons (Fsp3) is 0.600. The summed E-state index contributed by atoms with van der Waals surface area (Å²) in [6.07, 6.45) is 4.64. The lowest BCUT2D eigenvalue weighted by Crippen LogP contribution is -2.47. The molecular formula is C20H28N2O4. The highest BCUT2D eigenvalue weighted by molar-refractivity contribution is 5.97. The molecule has 6 heteroatoms. The van der Waals surface area contributed by atoms with Crippen molar-refractivity contribution in [1.29, 1.82) is 0 Å². The van der Waals surface area contributed by atoms with Crippen molar-refractivity contribution in [1.82, 2.24) is 10.2 Å². The predicted octanol–water partition coefficient (Wildman–Crippen LogP) is 2.59. The number of amides is 2. The Balaban J connectivity index is 1.51. The third-order valence-electron chi connectivity index (χ3n) is 5.09. The van der Waals surface area contributed by atoms with E-state index < -0.39 is 5.79 Å². The number of nitrogens with zero attached hydrogens (tertiary/aromatic N) is 1. The van der Waals surface area contributed by atoms with Crippen LogP contribution in [-0.2, 0) is 9.47 Å². The quantitative estimate of drug-likeness (QED) is 0.792. The fourth-order valence-electron chi connectivity index (χ4n) is 3.46. The maximum absolute atomic E-state index is 12.7. The molecule has 3 rings (SSSR count). The van der Waals surface area contributed by atoms with E-state index in [1.54, 1.807) is 24.3 Å². The van der Waals surface area contributed by atoms with Crippen LogP contribution in [0.3, 0.4) is 0 Å². The summed E-state index contributed by atoms with van der Waals surface area (Å²) in [6.45, 7) is 5.34. The Hall–Kier alpha value is -1.92. The minimum absolute atomic E-state index is 0.00671. The Morgan fingerprint density at radius 3 is 2.27 bits per heavy atom. The summed E-state index contributed by atoms with van der Waals surface area (Å²) in [5.41, 5.74) is 1.19. The second-order valence-electron chi connectivity index (χ2n) is 6.94. The van der Waals surface area contributed by atoms with Gasteiger partial charge in [-0.15, -0.1) is 0 Å². The van der Waals surface area contributed by atoms with E-state index in [1.807, 2.05) is 4.90 Å². The van der Waals surface area contributed by atoms with Crippen molar-refractivity contribution < 1.29 is 19.1 Å². The highest BCUT2D eigenvalue weighted by Crippen LogP contribution is 2.31. The molecule has 2 saturated heterocycles. The van der Waals surface area contributed by atoms with E-state index in [0.717, 1.165) is 19.3 Å². The lowest BCUT2D eigenvalue weighted by molar-refractivity contribution is -0.181. The second kappa shape index (κ2) is 8.64. The Bertz CT molecular complexity index is 613. The molecule has 0 bridgehead atoms. The van der Waals surface area contributed by atoms with Crippen molar-refractivity contribution in [2.75, 3.05) is 32.8 Å². The largest absolute Gasteiger partial charge is 0.352 e. The molecule has 0 unspecified atom stereocenters. The number of carbonyl (C=O) groups is 2. The highest BCUT2D eigenvalue weighted by atomic mass is 16.7. The maximum atomic E-state index is 12.7. The second-order valence-corrected chi connectivity index (χ2v) is 6.94. The van der Waals surface area contributed by atoms with Crippen molar-refractivity contribution in [3.63, 3.8) is 0 Å². The number of carbonyl (C=O) groups excluding carboxylic acids is 2. The molecule has 6 nitrogen and oxygen atoms in total. The van der Waals surface area contributed by atoms with Gasteiger partial charge < -0.3 is 19.7 Å². The predicted molar refractivity (Wildman–Crippen MR) is 98.1 cm³/mol. The molecule has 2 fully saturated rings. The maximum Gasteiger partial charge on any atom is 0.253 e. The highest BCUT2D eigenvalue weighted by Gasteiger charge is 2.40. The van der Waals surface area contributed by atoms with Crippen LogP contribution in [0.4, 0.5) is 0 Å². The summed E-state index contributed by atoms with van der Waals surface area (Å²) in [4.78, 5) is 26.6. The zero-order valence-corrected chi connectivity index (χ0v) is 15.5. The van der Waals surface area contributed by atoms with Gasteiger partial charge in [-0.05, 0) is 30.7 Å². The lowest BCUT2D eigenvalue weighted by atomic mass is 10.0. The average molecular weight is 360 g/mol. The summed E-state index contributed by atoms with van der Waals surface area (Å²) < 4.78 is 11.4. The number of hydrogen-bond donors (Lipinski definition) is 1. The van der Waals surface area contributed by atoms with E-state index in [0.29, 0.717) is 56.8 Å². The Kier molecular flexibility index (Phi) is 6.27. The summed E-state index contributed by atoms with van der Waals surface area (Å²) in [6, 6.07) is 6.90. The zero-order valence-electron chi connectivity index (χ0n) is 15.5. The fourth-order valence-corrected chi connectivity index (χ4v) is 3.46. The van der Waals surface area contributed by atoms with Crippen molar-refractivity contribution in [2.45, 2.75) is 44.8 Å². The van der Waals surface area contributed by atoms with Crippen molar-refractivity contribution in [3.8, 4) is 0 Å². The SMILES string of the molecule is CCCCCNC(=O)c1ccc(C(=O)N2CCC3(CC2)OCCO3)cc1. The number of rotatable bonds is 6. The molecule has 1 aromatic rings. The van der Waals surface area contributed by atoms with Crippen molar-refractivity contribution >= 4 is 11.8 Å². The van der Waals surface area contributed by atoms with Gasteiger partial charge in [-0.1, -0.05) is 19.8 Å². The summed E-state index contributed by atoms with van der Waals surface area (Å²) in [5.74, 6) is -0.570. The molecule has 2 amide bonds. The van der Waals surface area contributed by atoms with Gasteiger partial charge in [0.25, 0.3) is 11.8 Å². The van der Waals surface area contributed by atoms with Crippen LogP contribution in [0.5, 0.6) is 0 Å². The van der Waals surface area contributed by atoms with Gasteiger partial charge in [-0.2, -0.15) is 0 Å². The molecule has 1 aromatic carbocycles. The molecule has 0 saturated carbocycles. The first-order valence-electron chi connectivity index (χ1n) is 9.59. The van der Waals surface area contributed by atoms with Crippen LogP contribution in [0.2, 0.25) is 0 Å². The number of unbranched alkanes of at least 4 members (excludes halogenated alkanes) is 2. The van der Waals surface area contributed by atoms with Crippen molar-refractivity contribution in [2.24, 2.45) is 0 Å². The molecular weight excluding hydrogens is 332 g/mol. The van der Waals surface area contributed by atoms with E-state index in [1.165, 1.54) is 0 Å². The first-order chi connectivity index (χ1) is 12.6. The Labute approximate surface area is 154 Å². The third kappa shape index (κ3) is 4.43. The van der Waals surface area contributed by atoms with E-state index in [9.17, 15) is 9.59 Å². The monoisotopic (exact) mass is 360 g/mol. The van der Waals surface area contributed by atoms with Crippen LogP contribution < -0.4 is 5.32 Å². The van der Waals surface area contributed by atoms with Gasteiger partial charge >= 0.3 is 0 Å². The average Bonchev–Trinajstić information content (AvgIpc) is 3.13. The van der Waals surface area contributed by atoms with E-state index >= 15 is 0 Å². The number of hydrogen-bond acceptors (Lipinski definition) is 4. The molecule has 0 atom stereocenters. The van der Waals surface area contributed by atoms with Gasteiger partial charge in [0.2, 0.25) is 0 Å². The molecule has 2 aliphatic heterocycles. The van der Waals surface area contributed by atoms with Gasteiger partial charge in [-0.3, -0.25) is 9.59 Å². The molecule has 0 aliphatic carbocycles. The van der Waals surface area contributed by atoms with E-state index in [4.69, 9.17) is 9.47 Å². The van der Waals surface area contributed by atoms with Gasteiger partial charge in [0, 0.05) is 43.6 Å². The van der Waals surface area contributed by atoms with Crippen LogP contribution >= 0.6 is 0 Å². The van der Waals surface area contributed by atoms with Gasteiger partial charge in [0.15, 0.2) is 5.79 Å². The third-order valence-corrected chi connectivity index (χ3v) is 5.09. The van der Waals surface area contributed by atoms with Crippen molar-refractivity contribution in [3.05, 3.63) is 35.4 Å². The molecule has 1 N–H and O–H groups in total. The van der Waals surface area contributed by atoms with Crippen LogP contribution in [0.15, 0.2) is 24.3 Å². The van der Waals surface area contributed by atoms with Crippen LogP contribution in [0.1, 0.15) is 59.7 Å². The summed E-state index contributed by atoms with van der Waals surface area (Å²) in [7, 11) is 0. The smallest absolute Gasteiger partial charge is 0.253 e. The topological polar surface area (TPSA) is 67.9 Å². The molecule has 0 radical (unpaired) electrons. The summed E-state index contributed by atoms with van der Waals surface area (Å²) in [5, 5.41) is 2.91. The number of piperidine rings is 1. The number of likely N-dealkylation sites (tertiary alicyclic amines) is 1. The van der Waals surface area contributed by atoms with Gasteiger partial charge in [-0.25, -0.2) is 0 Å². The first kappa shape index (κ1) is 18.9. The first-order valence-corrected chi connectivity index (χ1v) is 9.59. The zero-order chi connectivity index (χ0) is 18.4. The van der Waals surface area contributed by atoms with E-state index in [-0.39, 0.29) is 11.8 Å². The van der Waals surface area contributed by atoms with Crippen LogP contribution in [0, 0.1) is 0 Å². The molecule has 142 valence electrons. The Morgan fingerprint density at radius 1 is 1.04 bits per heavy atom. The minimum atomic E-state index is -0.476. The number of ether oxygens (including phenoxy) is 2. The number of nitrogens with one attached hydrogen (secondary N) is 1. The Morgan fingerprint density at radius 2 is 1.65 bits per heavy atom. The number of benzene rings is 1. The standard InChI is InChI=1S/C20H28N2O4/c1-2-3-4-11-21-18(23)16-5-7-17(8-6-16)19(24)22-12-9-20(10-13-22)25-14-15-26-20/h5-8H,2-4,9-15H2,1H3,(H,21,23). The lowest BCUT2D eigenvalue weighted by Gasteiger charge is -2.37. The normalized spacial score (nSPS) is 18.9. The molecule has 26 heavy (non-hydrogen) atoms. The van der Waals surface area contributed by atoms with Gasteiger partial charge in [0.05, 0.1) is 13.2 Å². The van der Waals surface area contributed by atoms with E-state index in [2.05, 4.69) is 12.2 Å². The van der Waals surface area contributed by atoms with Crippen LogP contribution in [-0.4, -0.2) is 55.3 Å². The molecule has 2 heterocycles. The molecule has 0 aromatic heterocycles. The van der Waals surface area contributed by atoms with Gasteiger partial charge in [0.1, 0.15) is 0 Å². The minimum Gasteiger partial charge on any atom is -0.352 e. The van der Waals surface area contributed by atoms with Crippen LogP contribution in [0.25, 0.3) is 0 Å².